The van der Waals surface area contributed by atoms with E-state index in [0.29, 0.717) is 22.3 Å². The number of hydrogen-bond acceptors (Lipinski definition) is 4. The number of aromatic nitrogens is 1. The van der Waals surface area contributed by atoms with Crippen molar-refractivity contribution in [1.29, 1.82) is 0 Å². The molecule has 0 atom stereocenters. The lowest BCUT2D eigenvalue weighted by molar-refractivity contribution is 0.0747. The second kappa shape index (κ2) is 7.09. The number of nitrogens with zero attached hydrogens (tertiary/aromatic N) is 3. The van der Waals surface area contributed by atoms with Gasteiger partial charge in [0.2, 0.25) is 0 Å². The van der Waals surface area contributed by atoms with Crippen molar-refractivity contribution in [2.75, 3.05) is 46.1 Å². The molecule has 0 radical (unpaired) electrons. The van der Waals surface area contributed by atoms with E-state index in [2.05, 4.69) is 22.2 Å². The van der Waals surface area contributed by atoms with Crippen molar-refractivity contribution in [2.24, 2.45) is 5.92 Å². The smallest absolute Gasteiger partial charge is 0.255 e. The Balaban J connectivity index is 2.02. The number of amides is 1. The van der Waals surface area contributed by atoms with Gasteiger partial charge in [0.05, 0.1) is 10.6 Å². The molecule has 1 amide bonds. The zero-order valence-corrected chi connectivity index (χ0v) is 13.7. The molecule has 0 saturated carbocycles. The fourth-order valence-electron chi connectivity index (χ4n) is 2.66. The van der Waals surface area contributed by atoms with Crippen LogP contribution in [0.4, 0.5) is 5.82 Å². The Morgan fingerprint density at radius 2 is 2.19 bits per heavy atom. The lowest BCUT2D eigenvalue weighted by Crippen LogP contribution is -2.38. The number of rotatable bonds is 4. The van der Waals surface area contributed by atoms with Gasteiger partial charge in [-0.1, -0.05) is 11.6 Å². The Morgan fingerprint density at radius 1 is 1.52 bits per heavy atom. The monoisotopic (exact) mass is 310 g/mol. The summed E-state index contributed by atoms with van der Waals surface area (Å²) in [5, 5.41) is 3.33. The molecule has 1 aliphatic heterocycles. The first-order valence-corrected chi connectivity index (χ1v) is 7.66. The summed E-state index contributed by atoms with van der Waals surface area (Å²) < 4.78 is 0. The van der Waals surface area contributed by atoms with Gasteiger partial charge in [-0.3, -0.25) is 4.79 Å². The molecule has 116 valence electrons. The van der Waals surface area contributed by atoms with Gasteiger partial charge in [-0.25, -0.2) is 4.98 Å². The molecular weight excluding hydrogens is 288 g/mol. The van der Waals surface area contributed by atoms with Crippen LogP contribution in [-0.4, -0.2) is 61.5 Å². The third-order valence-corrected chi connectivity index (χ3v) is 4.36. The topological polar surface area (TPSA) is 48.5 Å². The third-order valence-electron chi connectivity index (χ3n) is 4.06. The molecule has 1 aromatic rings. The van der Waals surface area contributed by atoms with E-state index in [-0.39, 0.29) is 5.91 Å². The molecule has 1 aliphatic rings. The number of pyridine rings is 1. The number of likely N-dealkylation sites (tertiary alicyclic amines) is 1. The first-order valence-electron chi connectivity index (χ1n) is 7.28. The predicted octanol–water partition coefficient (Wildman–Crippen LogP) is 2.19. The molecule has 0 spiro atoms. The van der Waals surface area contributed by atoms with Gasteiger partial charge in [-0.2, -0.15) is 0 Å². The Morgan fingerprint density at radius 3 is 2.81 bits per heavy atom. The molecular formula is C15H23ClN4O. The maximum atomic E-state index is 12.5. The molecule has 1 saturated heterocycles. The van der Waals surface area contributed by atoms with Gasteiger partial charge >= 0.3 is 0 Å². The Hall–Kier alpha value is -1.33. The minimum Gasteiger partial charge on any atom is -0.373 e. The average molecular weight is 311 g/mol. The van der Waals surface area contributed by atoms with Gasteiger partial charge in [0.1, 0.15) is 5.82 Å². The minimum absolute atomic E-state index is 0.0437. The first-order chi connectivity index (χ1) is 10.0. The highest BCUT2D eigenvalue weighted by atomic mass is 35.5. The molecule has 0 aromatic carbocycles. The van der Waals surface area contributed by atoms with Crippen LogP contribution in [-0.2, 0) is 0 Å². The second-order valence-corrected chi connectivity index (χ2v) is 6.14. The van der Waals surface area contributed by atoms with E-state index in [1.165, 1.54) is 6.20 Å². The van der Waals surface area contributed by atoms with E-state index in [4.69, 9.17) is 11.6 Å². The van der Waals surface area contributed by atoms with Crippen LogP contribution >= 0.6 is 11.6 Å². The molecule has 21 heavy (non-hydrogen) atoms. The van der Waals surface area contributed by atoms with E-state index in [9.17, 15) is 4.79 Å². The lowest BCUT2D eigenvalue weighted by Gasteiger charge is -2.31. The number of halogens is 1. The summed E-state index contributed by atoms with van der Waals surface area (Å²) in [6.45, 7) is 2.99. The summed E-state index contributed by atoms with van der Waals surface area (Å²) in [6.07, 6.45) is 3.80. The van der Waals surface area contributed by atoms with Crippen molar-refractivity contribution in [3.05, 3.63) is 22.8 Å². The molecule has 0 bridgehead atoms. The first kappa shape index (κ1) is 16.0. The number of hydrogen-bond donors (Lipinski definition) is 1. The van der Waals surface area contributed by atoms with Gasteiger partial charge in [-0.05, 0) is 45.0 Å². The molecule has 0 unspecified atom stereocenters. The number of anilines is 1. The van der Waals surface area contributed by atoms with Crippen molar-refractivity contribution >= 4 is 23.3 Å². The van der Waals surface area contributed by atoms with Gasteiger partial charge in [0.25, 0.3) is 5.91 Å². The predicted molar refractivity (Wildman–Crippen MR) is 86.0 cm³/mol. The zero-order chi connectivity index (χ0) is 15.4. The standard InChI is InChI=1S/C15H23ClN4O/c1-17-14-8-12(13(16)9-18-14)15(21)20(3)10-11-4-6-19(2)7-5-11/h8-9,11H,4-7,10H2,1-3H3,(H,17,18). The average Bonchev–Trinajstić information content (AvgIpc) is 2.49. The van der Waals surface area contributed by atoms with E-state index >= 15 is 0 Å². The van der Waals surface area contributed by atoms with Crippen LogP contribution in [0.5, 0.6) is 0 Å². The van der Waals surface area contributed by atoms with Gasteiger partial charge in [-0.15, -0.1) is 0 Å². The molecule has 1 aromatic heterocycles. The van der Waals surface area contributed by atoms with Crippen molar-refractivity contribution < 1.29 is 4.79 Å². The SMILES string of the molecule is CNc1cc(C(=O)N(C)CC2CCN(C)CC2)c(Cl)cn1. The van der Waals surface area contributed by atoms with Gasteiger partial charge in [0.15, 0.2) is 0 Å². The molecule has 1 fully saturated rings. The van der Waals surface area contributed by atoms with Crippen LogP contribution in [0.2, 0.25) is 5.02 Å². The van der Waals surface area contributed by atoms with Crippen LogP contribution in [0.1, 0.15) is 23.2 Å². The molecule has 1 N–H and O–H groups in total. The van der Waals surface area contributed by atoms with Crippen LogP contribution in [0.25, 0.3) is 0 Å². The Kier molecular flexibility index (Phi) is 5.42. The summed E-state index contributed by atoms with van der Waals surface area (Å²) >= 11 is 6.11. The number of piperidine rings is 1. The van der Waals surface area contributed by atoms with Gasteiger partial charge < -0.3 is 15.1 Å². The summed E-state index contributed by atoms with van der Waals surface area (Å²) in [5.74, 6) is 1.17. The highest BCUT2D eigenvalue weighted by molar-refractivity contribution is 6.33. The van der Waals surface area contributed by atoms with Crippen LogP contribution < -0.4 is 5.32 Å². The third kappa shape index (κ3) is 4.08. The largest absolute Gasteiger partial charge is 0.373 e. The van der Waals surface area contributed by atoms with Crippen molar-refractivity contribution in [1.82, 2.24) is 14.8 Å². The lowest BCUT2D eigenvalue weighted by atomic mass is 9.96. The van der Waals surface area contributed by atoms with Crippen molar-refractivity contribution in [2.45, 2.75) is 12.8 Å². The maximum absolute atomic E-state index is 12.5. The molecule has 2 rings (SSSR count). The fraction of sp³-hybridized carbons (Fsp3) is 0.600. The number of nitrogens with one attached hydrogen (secondary N) is 1. The van der Waals surface area contributed by atoms with Crippen molar-refractivity contribution in [3.63, 3.8) is 0 Å². The fourth-order valence-corrected chi connectivity index (χ4v) is 2.84. The zero-order valence-electron chi connectivity index (χ0n) is 12.9. The molecule has 0 aliphatic carbocycles. The highest BCUT2D eigenvalue weighted by Gasteiger charge is 2.22. The Bertz CT molecular complexity index is 500. The number of carbonyl (C=O) groups is 1. The van der Waals surface area contributed by atoms with E-state index in [1.54, 1.807) is 18.0 Å². The minimum atomic E-state index is -0.0437. The van der Waals surface area contributed by atoms with Gasteiger partial charge in [0, 0.05) is 26.8 Å². The van der Waals surface area contributed by atoms with Crippen LogP contribution in [0.3, 0.4) is 0 Å². The van der Waals surface area contributed by atoms with E-state index < -0.39 is 0 Å². The second-order valence-electron chi connectivity index (χ2n) is 5.73. The van der Waals surface area contributed by atoms with Crippen LogP contribution in [0, 0.1) is 5.92 Å². The molecule has 5 nitrogen and oxygen atoms in total. The highest BCUT2D eigenvalue weighted by Crippen LogP contribution is 2.22. The summed E-state index contributed by atoms with van der Waals surface area (Å²) in [5.41, 5.74) is 0.506. The van der Waals surface area contributed by atoms with E-state index in [0.717, 1.165) is 32.5 Å². The molecule has 6 heteroatoms. The van der Waals surface area contributed by atoms with E-state index in [1.807, 2.05) is 7.05 Å². The summed E-state index contributed by atoms with van der Waals surface area (Å²) in [7, 11) is 5.75. The normalized spacial score (nSPS) is 16.8. The van der Waals surface area contributed by atoms with Crippen LogP contribution in [0.15, 0.2) is 12.3 Å². The summed E-state index contributed by atoms with van der Waals surface area (Å²) in [6, 6.07) is 1.70. The Labute approximate surface area is 131 Å². The maximum Gasteiger partial charge on any atom is 0.255 e. The quantitative estimate of drug-likeness (QED) is 0.926. The van der Waals surface area contributed by atoms with Crippen molar-refractivity contribution in [3.8, 4) is 0 Å². The number of carbonyl (C=O) groups excluding carboxylic acids is 1. The summed E-state index contributed by atoms with van der Waals surface area (Å²) in [4.78, 5) is 20.8. The molecule has 2 heterocycles.